The average Bonchev–Trinajstić information content (AvgIpc) is 3.55. The van der Waals surface area contributed by atoms with Gasteiger partial charge >= 0.3 is 0 Å². The van der Waals surface area contributed by atoms with E-state index in [0.29, 0.717) is 40.2 Å². The Balaban J connectivity index is 1.42. The molecule has 38 heavy (non-hydrogen) atoms. The minimum absolute atomic E-state index is 0.0113. The molecule has 0 atom stereocenters. The molecule has 0 spiro atoms. The molecule has 0 bridgehead atoms. The highest BCUT2D eigenvalue weighted by molar-refractivity contribution is 7.10. The van der Waals surface area contributed by atoms with E-state index in [-0.39, 0.29) is 31.2 Å². The number of hydrogen-bond donors (Lipinski definition) is 0. The monoisotopic (exact) mass is 572 g/mol. The van der Waals surface area contributed by atoms with Gasteiger partial charge in [0.15, 0.2) is 11.5 Å². The first-order valence-electron chi connectivity index (χ1n) is 12.8. The maximum Gasteiger partial charge on any atom is 0.256 e. The number of amides is 2. The lowest BCUT2D eigenvalue weighted by Crippen LogP contribution is -2.48. The number of nitrogens with zero attached hydrogens (tertiary/aromatic N) is 2. The van der Waals surface area contributed by atoms with Crippen molar-refractivity contribution in [3.63, 3.8) is 0 Å². The number of benzene rings is 2. The van der Waals surface area contributed by atoms with Gasteiger partial charge in [-0.05, 0) is 72.7 Å². The molecule has 0 radical (unpaired) electrons. The van der Waals surface area contributed by atoms with Crippen LogP contribution in [0.15, 0.2) is 47.8 Å². The topological polar surface area (TPSA) is 59.1 Å². The largest absolute Gasteiger partial charge is 0.454 e. The van der Waals surface area contributed by atoms with E-state index in [1.54, 1.807) is 34.4 Å². The van der Waals surface area contributed by atoms with Crippen molar-refractivity contribution in [2.24, 2.45) is 0 Å². The van der Waals surface area contributed by atoms with Crippen LogP contribution in [0.3, 0.4) is 0 Å². The first-order chi connectivity index (χ1) is 18.4. The van der Waals surface area contributed by atoms with Crippen molar-refractivity contribution >= 4 is 46.4 Å². The summed E-state index contributed by atoms with van der Waals surface area (Å²) in [6.45, 7) is 3.08. The Morgan fingerprint density at radius 1 is 0.974 bits per heavy atom. The molecular formula is C29H30Cl2N2O4S. The zero-order valence-electron chi connectivity index (χ0n) is 21.3. The molecule has 2 aromatic carbocycles. The van der Waals surface area contributed by atoms with Crippen LogP contribution in [-0.2, 0) is 17.9 Å². The second-order valence-electron chi connectivity index (χ2n) is 9.81. The van der Waals surface area contributed by atoms with E-state index in [1.807, 2.05) is 28.5 Å². The fourth-order valence-corrected chi connectivity index (χ4v) is 6.46. The fraction of sp³-hybridized carbons (Fsp3) is 0.379. The number of ether oxygens (including phenoxy) is 2. The molecule has 2 heterocycles. The molecule has 9 heteroatoms. The van der Waals surface area contributed by atoms with Crippen LogP contribution in [0.2, 0.25) is 10.0 Å². The summed E-state index contributed by atoms with van der Waals surface area (Å²) < 4.78 is 11.0. The van der Waals surface area contributed by atoms with Gasteiger partial charge in [0.1, 0.15) is 6.54 Å². The molecule has 5 rings (SSSR count). The minimum atomic E-state index is -0.234. The van der Waals surface area contributed by atoms with Gasteiger partial charge in [-0.2, -0.15) is 0 Å². The van der Waals surface area contributed by atoms with Gasteiger partial charge in [-0.15, -0.1) is 11.3 Å². The second kappa shape index (κ2) is 12.0. The van der Waals surface area contributed by atoms with Crippen molar-refractivity contribution in [3.05, 3.63) is 79.5 Å². The summed E-state index contributed by atoms with van der Waals surface area (Å²) in [6, 6.07) is 12.7. The van der Waals surface area contributed by atoms with Gasteiger partial charge in [0.05, 0.1) is 17.1 Å². The molecule has 0 unspecified atom stereocenters. The number of carbonyl (C=O) groups excluding carboxylic acids is 2. The van der Waals surface area contributed by atoms with Crippen molar-refractivity contribution in [3.8, 4) is 11.5 Å². The highest BCUT2D eigenvalue weighted by Gasteiger charge is 2.31. The van der Waals surface area contributed by atoms with E-state index in [9.17, 15) is 9.59 Å². The van der Waals surface area contributed by atoms with Crippen LogP contribution in [0.25, 0.3) is 0 Å². The first-order valence-corrected chi connectivity index (χ1v) is 14.5. The Morgan fingerprint density at radius 2 is 1.76 bits per heavy atom. The summed E-state index contributed by atoms with van der Waals surface area (Å²) in [6.07, 6.45) is 4.95. The number of thiophene rings is 1. The number of halogens is 2. The minimum Gasteiger partial charge on any atom is -0.454 e. The van der Waals surface area contributed by atoms with Gasteiger partial charge in [0.2, 0.25) is 12.7 Å². The molecule has 2 amide bonds. The molecule has 200 valence electrons. The van der Waals surface area contributed by atoms with Crippen molar-refractivity contribution in [2.45, 2.75) is 58.2 Å². The predicted octanol–water partition coefficient (Wildman–Crippen LogP) is 7.10. The van der Waals surface area contributed by atoms with Crippen LogP contribution in [0, 0.1) is 6.92 Å². The summed E-state index contributed by atoms with van der Waals surface area (Å²) in [5.41, 5.74) is 2.45. The number of hydrogen-bond acceptors (Lipinski definition) is 5. The lowest BCUT2D eigenvalue weighted by Gasteiger charge is -2.36. The smallest absolute Gasteiger partial charge is 0.256 e. The van der Waals surface area contributed by atoms with E-state index in [0.717, 1.165) is 48.1 Å². The number of carbonyl (C=O) groups is 2. The van der Waals surface area contributed by atoms with Crippen molar-refractivity contribution in [1.82, 2.24) is 9.80 Å². The van der Waals surface area contributed by atoms with Gasteiger partial charge in [-0.1, -0.05) is 48.5 Å². The maximum atomic E-state index is 14.0. The zero-order chi connectivity index (χ0) is 26.6. The Kier molecular flexibility index (Phi) is 8.46. The Bertz CT molecular complexity index is 1320. The third-order valence-electron chi connectivity index (χ3n) is 7.21. The number of aryl methyl sites for hydroxylation is 1. The average molecular weight is 574 g/mol. The van der Waals surface area contributed by atoms with E-state index >= 15 is 0 Å². The van der Waals surface area contributed by atoms with Crippen molar-refractivity contribution in [2.75, 3.05) is 13.3 Å². The summed E-state index contributed by atoms with van der Waals surface area (Å²) in [7, 11) is 0. The second-order valence-corrected chi connectivity index (χ2v) is 11.7. The van der Waals surface area contributed by atoms with Crippen molar-refractivity contribution in [1.29, 1.82) is 0 Å². The van der Waals surface area contributed by atoms with Gasteiger partial charge in [0, 0.05) is 22.5 Å². The quantitative estimate of drug-likeness (QED) is 0.289. The molecule has 2 aliphatic rings. The standard InChI is InChI=1S/C29H30Cl2N2O4S/c1-19-11-12-38-27(19)16-32(15-20-7-10-25-26(13-20)37-18-36-25)28(34)17-33(22-5-3-2-4-6-22)29(35)23-9-8-21(30)14-24(23)31/h7-14,22H,2-6,15-18H2,1H3. The van der Waals surface area contributed by atoms with Gasteiger partial charge in [0.25, 0.3) is 5.91 Å². The summed E-state index contributed by atoms with van der Waals surface area (Å²) in [5, 5.41) is 2.80. The Morgan fingerprint density at radius 3 is 2.50 bits per heavy atom. The zero-order valence-corrected chi connectivity index (χ0v) is 23.6. The predicted molar refractivity (Wildman–Crippen MR) is 150 cm³/mol. The van der Waals surface area contributed by atoms with Gasteiger partial charge in [-0.25, -0.2) is 0 Å². The lowest BCUT2D eigenvalue weighted by molar-refractivity contribution is -0.133. The summed E-state index contributed by atoms with van der Waals surface area (Å²) in [5.74, 6) is 1.04. The first kappa shape index (κ1) is 26.9. The van der Waals surface area contributed by atoms with Crippen LogP contribution < -0.4 is 9.47 Å². The van der Waals surface area contributed by atoms with E-state index < -0.39 is 0 Å². The Hall–Kier alpha value is -2.74. The molecular weight excluding hydrogens is 543 g/mol. The van der Waals surface area contributed by atoms with Crippen LogP contribution in [-0.4, -0.2) is 41.0 Å². The third kappa shape index (κ3) is 6.11. The molecule has 6 nitrogen and oxygen atoms in total. The molecule has 0 saturated heterocycles. The highest BCUT2D eigenvalue weighted by atomic mass is 35.5. The van der Waals surface area contributed by atoms with Gasteiger partial charge < -0.3 is 19.3 Å². The molecule has 0 N–H and O–H groups in total. The Labute approximate surface area is 237 Å². The molecule has 1 aliphatic carbocycles. The lowest BCUT2D eigenvalue weighted by atomic mass is 9.93. The fourth-order valence-electron chi connectivity index (χ4n) is 5.05. The molecule has 1 saturated carbocycles. The number of fused-ring (bicyclic) bond motifs is 1. The normalized spacial score (nSPS) is 14.9. The van der Waals surface area contributed by atoms with Gasteiger partial charge in [-0.3, -0.25) is 9.59 Å². The maximum absolute atomic E-state index is 14.0. The summed E-state index contributed by atoms with van der Waals surface area (Å²) in [4.78, 5) is 32.4. The number of rotatable bonds is 8. The van der Waals surface area contributed by atoms with Crippen LogP contribution in [0.1, 0.15) is 58.5 Å². The van der Waals surface area contributed by atoms with Crippen LogP contribution in [0.4, 0.5) is 0 Å². The molecule has 1 fully saturated rings. The molecule has 1 aromatic heterocycles. The molecule has 3 aromatic rings. The highest BCUT2D eigenvalue weighted by Crippen LogP contribution is 2.33. The van der Waals surface area contributed by atoms with E-state index in [2.05, 4.69) is 13.0 Å². The summed E-state index contributed by atoms with van der Waals surface area (Å²) >= 11 is 14.1. The van der Waals surface area contributed by atoms with Crippen molar-refractivity contribution < 1.29 is 19.1 Å². The van der Waals surface area contributed by atoms with Crippen LogP contribution in [0.5, 0.6) is 11.5 Å². The van der Waals surface area contributed by atoms with Crippen LogP contribution >= 0.6 is 34.5 Å². The van der Waals surface area contributed by atoms with E-state index in [1.165, 1.54) is 0 Å². The third-order valence-corrected chi connectivity index (χ3v) is 8.76. The SMILES string of the molecule is Cc1ccsc1CN(Cc1ccc2c(c1)OCO2)C(=O)CN(C(=O)c1ccc(Cl)cc1Cl)C1CCCCC1. The molecule has 1 aliphatic heterocycles. The van der Waals surface area contributed by atoms with E-state index in [4.69, 9.17) is 32.7 Å².